The van der Waals surface area contributed by atoms with Crippen molar-refractivity contribution in [1.82, 2.24) is 19.3 Å². The highest BCUT2D eigenvalue weighted by atomic mass is 32.1. The van der Waals surface area contributed by atoms with E-state index in [-0.39, 0.29) is 17.9 Å². The number of aromatic nitrogens is 4. The quantitative estimate of drug-likeness (QED) is 0.206. The Kier molecular flexibility index (Phi) is 7.13. The summed E-state index contributed by atoms with van der Waals surface area (Å²) in [5.74, 6) is 0.0759. The molecule has 0 atom stereocenters. The van der Waals surface area contributed by atoms with Crippen LogP contribution in [-0.2, 0) is 13.1 Å². The first-order valence-electron chi connectivity index (χ1n) is 14.2. The molecule has 10 nitrogen and oxygen atoms in total. The molecule has 1 fully saturated rings. The van der Waals surface area contributed by atoms with Gasteiger partial charge in [-0.1, -0.05) is 41.6 Å². The lowest BCUT2D eigenvalue weighted by Crippen LogP contribution is -2.41. The number of rotatable bonds is 9. The minimum atomic E-state index is -0.690. The Morgan fingerprint density at radius 2 is 1.80 bits per heavy atom. The van der Waals surface area contributed by atoms with E-state index in [0.29, 0.717) is 44.1 Å². The van der Waals surface area contributed by atoms with Gasteiger partial charge >= 0.3 is 11.8 Å². The van der Waals surface area contributed by atoms with Crippen molar-refractivity contribution in [3.8, 4) is 34.3 Å². The summed E-state index contributed by atoms with van der Waals surface area (Å²) in [4.78, 5) is 45.9. The molecular formula is C33H25FN4O6S. The number of carbonyl (C=O) groups excluding carboxylic acids is 1. The van der Waals surface area contributed by atoms with Crippen LogP contribution in [0, 0.1) is 5.82 Å². The molecule has 3 aromatic heterocycles. The van der Waals surface area contributed by atoms with Crippen molar-refractivity contribution >= 4 is 27.3 Å². The first-order valence-corrected chi connectivity index (χ1v) is 15.0. The van der Waals surface area contributed by atoms with Crippen LogP contribution >= 0.6 is 11.3 Å². The van der Waals surface area contributed by atoms with Crippen LogP contribution in [0.5, 0.6) is 11.8 Å². The second-order valence-electron chi connectivity index (χ2n) is 10.8. The van der Waals surface area contributed by atoms with E-state index in [0.717, 1.165) is 22.3 Å². The average Bonchev–Trinajstić information content (AvgIpc) is 3.66. The van der Waals surface area contributed by atoms with Crippen LogP contribution in [0.3, 0.4) is 0 Å². The van der Waals surface area contributed by atoms with Gasteiger partial charge < -0.3 is 9.84 Å². The molecule has 3 aromatic carbocycles. The second kappa shape index (κ2) is 11.3. The SMILES string of the molecule is COc1ccc(C(=O)Cn2c(=O)c3cc(C4CC4)sc3n(Cc3ccc(-c4ccccc4-c4noc(O)n4)cc3F)c2=O)cc1. The van der Waals surface area contributed by atoms with Gasteiger partial charge in [0.2, 0.25) is 5.82 Å². The molecule has 1 aliphatic rings. The molecule has 0 saturated heterocycles. The molecule has 0 radical (unpaired) electrons. The smallest absolute Gasteiger partial charge is 0.415 e. The number of thiophene rings is 1. The number of aromatic hydroxyl groups is 1. The van der Waals surface area contributed by atoms with E-state index in [1.807, 2.05) is 0 Å². The van der Waals surface area contributed by atoms with Gasteiger partial charge in [0.15, 0.2) is 5.78 Å². The minimum absolute atomic E-state index is 0.149. The maximum atomic E-state index is 15.8. The third kappa shape index (κ3) is 5.33. The summed E-state index contributed by atoms with van der Waals surface area (Å²) in [6, 6.07) is 19.9. The summed E-state index contributed by atoms with van der Waals surface area (Å²) >= 11 is 1.36. The van der Waals surface area contributed by atoms with Gasteiger partial charge in [0, 0.05) is 21.6 Å². The molecular weight excluding hydrogens is 599 g/mol. The van der Waals surface area contributed by atoms with Crippen LogP contribution in [0.15, 0.2) is 86.9 Å². The van der Waals surface area contributed by atoms with Gasteiger partial charge in [0.1, 0.15) is 16.4 Å². The van der Waals surface area contributed by atoms with Crippen molar-refractivity contribution < 1.29 is 23.6 Å². The topological polar surface area (TPSA) is 129 Å². The van der Waals surface area contributed by atoms with Crippen LogP contribution in [-0.4, -0.2) is 37.3 Å². The summed E-state index contributed by atoms with van der Waals surface area (Å²) in [6.45, 7) is -0.609. The number of hydrogen-bond donors (Lipinski definition) is 1. The first kappa shape index (κ1) is 28.4. The molecule has 6 aromatic rings. The number of ether oxygens (including phenoxy) is 1. The number of fused-ring (bicyclic) bond motifs is 1. The Labute approximate surface area is 258 Å². The van der Waals surface area contributed by atoms with E-state index >= 15 is 4.39 Å². The van der Waals surface area contributed by atoms with E-state index in [2.05, 4.69) is 10.1 Å². The number of nitrogens with zero attached hydrogens (tertiary/aromatic N) is 4. The predicted octanol–water partition coefficient (Wildman–Crippen LogP) is 5.60. The molecule has 0 spiro atoms. The van der Waals surface area contributed by atoms with Crippen LogP contribution < -0.4 is 16.0 Å². The predicted molar refractivity (Wildman–Crippen MR) is 166 cm³/mol. The number of halogens is 1. The molecule has 7 rings (SSSR count). The van der Waals surface area contributed by atoms with Gasteiger partial charge in [-0.15, -0.1) is 11.3 Å². The number of carbonyl (C=O) groups is 1. The molecule has 12 heteroatoms. The normalized spacial score (nSPS) is 12.9. The van der Waals surface area contributed by atoms with Crippen molar-refractivity contribution in [2.45, 2.75) is 31.8 Å². The third-order valence-electron chi connectivity index (χ3n) is 7.88. The summed E-state index contributed by atoms with van der Waals surface area (Å²) in [6.07, 6.45) is 1.42. The number of ketones is 1. The van der Waals surface area contributed by atoms with Gasteiger partial charge in [-0.3, -0.25) is 23.2 Å². The Morgan fingerprint density at radius 3 is 2.47 bits per heavy atom. The fraction of sp³-hybridized carbons (Fsp3) is 0.182. The van der Waals surface area contributed by atoms with Gasteiger partial charge in [-0.2, -0.15) is 4.98 Å². The van der Waals surface area contributed by atoms with Crippen LogP contribution in [0.2, 0.25) is 0 Å². The van der Waals surface area contributed by atoms with E-state index in [1.165, 1.54) is 29.1 Å². The van der Waals surface area contributed by atoms with Crippen LogP contribution in [0.4, 0.5) is 4.39 Å². The minimum Gasteiger partial charge on any atom is -0.497 e. The summed E-state index contributed by atoms with van der Waals surface area (Å²) in [7, 11) is 1.52. The standard InChI is InChI=1S/C33H25FN4O6S/c1-43-22-12-10-18(11-13-22)27(39)17-37-30(40)25-15-28(19-6-7-19)45-31(25)38(33(37)42)16-21-9-8-20(14-26(21)34)23-4-2-3-5-24(23)29-35-32(41)44-36-29/h2-5,8-15,19H,6-7,16-17H2,1H3,(H,35,36,41). The first-order chi connectivity index (χ1) is 21.8. The summed E-state index contributed by atoms with van der Waals surface area (Å²) in [5.41, 5.74) is 0.990. The molecule has 0 bridgehead atoms. The molecule has 1 saturated carbocycles. The van der Waals surface area contributed by atoms with Gasteiger partial charge in [-0.05, 0) is 66.3 Å². The molecule has 45 heavy (non-hydrogen) atoms. The van der Waals surface area contributed by atoms with Gasteiger partial charge in [0.25, 0.3) is 5.56 Å². The van der Waals surface area contributed by atoms with E-state index in [9.17, 15) is 19.5 Å². The monoisotopic (exact) mass is 624 g/mol. The summed E-state index contributed by atoms with van der Waals surface area (Å²) < 4.78 is 27.9. The van der Waals surface area contributed by atoms with Crippen molar-refractivity contribution in [3.05, 3.63) is 115 Å². The molecule has 226 valence electrons. The zero-order chi connectivity index (χ0) is 31.2. The number of hydrogen-bond acceptors (Lipinski definition) is 9. The van der Waals surface area contributed by atoms with Crippen molar-refractivity contribution in [1.29, 1.82) is 0 Å². The average molecular weight is 625 g/mol. The molecule has 1 aliphatic carbocycles. The van der Waals surface area contributed by atoms with Gasteiger partial charge in [-0.25, -0.2) is 9.18 Å². The lowest BCUT2D eigenvalue weighted by Gasteiger charge is -2.14. The number of methoxy groups -OCH3 is 1. The third-order valence-corrected chi connectivity index (χ3v) is 9.20. The Morgan fingerprint density at radius 1 is 1.04 bits per heavy atom. The van der Waals surface area contributed by atoms with Crippen LogP contribution in [0.1, 0.15) is 39.6 Å². The lowest BCUT2D eigenvalue weighted by atomic mass is 9.98. The molecule has 0 amide bonds. The highest BCUT2D eigenvalue weighted by Crippen LogP contribution is 2.44. The maximum Gasteiger partial charge on any atom is 0.415 e. The highest BCUT2D eigenvalue weighted by Gasteiger charge is 2.28. The zero-order valence-electron chi connectivity index (χ0n) is 23.9. The van der Waals surface area contributed by atoms with E-state index in [4.69, 9.17) is 9.26 Å². The molecule has 1 N–H and O–H groups in total. The van der Waals surface area contributed by atoms with Crippen LogP contribution in [0.25, 0.3) is 32.7 Å². The Hall–Kier alpha value is -5.36. The van der Waals surface area contributed by atoms with Crippen molar-refractivity contribution in [2.24, 2.45) is 0 Å². The largest absolute Gasteiger partial charge is 0.497 e. The molecule has 0 unspecified atom stereocenters. The lowest BCUT2D eigenvalue weighted by molar-refractivity contribution is 0.0968. The zero-order valence-corrected chi connectivity index (χ0v) is 24.7. The molecule has 0 aliphatic heterocycles. The van der Waals surface area contributed by atoms with E-state index < -0.39 is 35.5 Å². The maximum absolute atomic E-state index is 15.8. The Bertz CT molecular complexity index is 2210. The number of benzene rings is 3. The van der Waals surface area contributed by atoms with E-state index in [1.54, 1.807) is 66.7 Å². The number of Topliss-reactive ketones (excluding diaryl/α,β-unsaturated/α-hetero) is 1. The van der Waals surface area contributed by atoms with Gasteiger partial charge in [0.05, 0.1) is 25.6 Å². The fourth-order valence-electron chi connectivity index (χ4n) is 5.35. The highest BCUT2D eigenvalue weighted by molar-refractivity contribution is 7.18. The Balaban J connectivity index is 1.28. The summed E-state index contributed by atoms with van der Waals surface area (Å²) in [5, 5.41) is 13.6. The van der Waals surface area contributed by atoms with Crippen molar-refractivity contribution in [3.63, 3.8) is 0 Å². The van der Waals surface area contributed by atoms with Crippen molar-refractivity contribution in [2.75, 3.05) is 7.11 Å². The second-order valence-corrected chi connectivity index (χ2v) is 11.9. The fourth-order valence-corrected chi connectivity index (χ4v) is 6.66. The molecule has 3 heterocycles.